The molecule has 154 valence electrons. The summed E-state index contributed by atoms with van der Waals surface area (Å²) in [4.78, 5) is 16.8. The topological polar surface area (TPSA) is 65.0 Å². The first-order valence-electron chi connectivity index (χ1n) is 10.1. The summed E-state index contributed by atoms with van der Waals surface area (Å²) in [5.74, 6) is 1.67. The lowest BCUT2D eigenvalue weighted by Crippen LogP contribution is -2.48. The number of carbonyl (C=O) groups excluding carboxylic acids is 1. The largest absolute Gasteiger partial charge is 0.506 e. The van der Waals surface area contributed by atoms with Gasteiger partial charge in [0.25, 0.3) is 0 Å². The van der Waals surface area contributed by atoms with E-state index in [0.29, 0.717) is 23.7 Å². The van der Waals surface area contributed by atoms with Crippen LogP contribution in [0.5, 0.6) is 17.2 Å². The number of anilines is 2. The molecule has 0 atom stereocenters. The molecule has 0 bridgehead atoms. The van der Waals surface area contributed by atoms with Gasteiger partial charge >= 0.3 is 0 Å². The van der Waals surface area contributed by atoms with E-state index in [2.05, 4.69) is 15.1 Å². The number of hydrogen-bond acceptors (Lipinski definition) is 5. The van der Waals surface area contributed by atoms with Gasteiger partial charge < -0.3 is 20.1 Å². The SMILES string of the molecule is O=C(CN1CCN(c2ccccc2O)CC1)Nc1cccc(Oc2ccccc2)c1. The van der Waals surface area contributed by atoms with Crippen LogP contribution < -0.4 is 15.0 Å². The third-order valence-electron chi connectivity index (χ3n) is 5.06. The standard InChI is InChI=1S/C24H25N3O3/c28-23-12-5-4-11-22(23)27-15-13-26(14-16-27)18-24(29)25-19-7-6-10-21(17-19)30-20-8-2-1-3-9-20/h1-12,17,28H,13-16,18H2,(H,25,29). The quantitative estimate of drug-likeness (QED) is 0.653. The summed E-state index contributed by atoms with van der Waals surface area (Å²) in [6.45, 7) is 3.40. The van der Waals surface area contributed by atoms with E-state index in [9.17, 15) is 9.90 Å². The fourth-order valence-corrected chi connectivity index (χ4v) is 3.54. The smallest absolute Gasteiger partial charge is 0.238 e. The van der Waals surface area contributed by atoms with E-state index in [-0.39, 0.29) is 5.91 Å². The molecule has 1 fully saturated rings. The third kappa shape index (κ3) is 5.10. The zero-order chi connectivity index (χ0) is 20.8. The van der Waals surface area contributed by atoms with Crippen LogP contribution in [0.1, 0.15) is 0 Å². The summed E-state index contributed by atoms with van der Waals surface area (Å²) in [5, 5.41) is 13.0. The number of piperazine rings is 1. The molecule has 1 aliphatic heterocycles. The first kappa shape index (κ1) is 19.8. The highest BCUT2D eigenvalue weighted by atomic mass is 16.5. The van der Waals surface area contributed by atoms with Crippen molar-refractivity contribution in [3.8, 4) is 17.2 Å². The minimum Gasteiger partial charge on any atom is -0.506 e. The molecule has 30 heavy (non-hydrogen) atoms. The molecule has 0 saturated carbocycles. The average Bonchev–Trinajstić information content (AvgIpc) is 2.76. The Balaban J connectivity index is 1.28. The van der Waals surface area contributed by atoms with E-state index >= 15 is 0 Å². The van der Waals surface area contributed by atoms with Gasteiger partial charge in [-0.2, -0.15) is 0 Å². The minimum atomic E-state index is -0.0529. The second-order valence-electron chi connectivity index (χ2n) is 7.24. The normalized spacial score (nSPS) is 14.3. The number of benzene rings is 3. The van der Waals surface area contributed by atoms with Crippen LogP contribution in [0.25, 0.3) is 0 Å². The van der Waals surface area contributed by atoms with Crippen molar-refractivity contribution in [1.29, 1.82) is 0 Å². The number of aromatic hydroxyl groups is 1. The lowest BCUT2D eigenvalue weighted by Gasteiger charge is -2.35. The van der Waals surface area contributed by atoms with Gasteiger partial charge in [-0.3, -0.25) is 9.69 Å². The Hall–Kier alpha value is -3.51. The predicted molar refractivity (Wildman–Crippen MR) is 118 cm³/mol. The summed E-state index contributed by atoms with van der Waals surface area (Å²) < 4.78 is 5.83. The van der Waals surface area contributed by atoms with E-state index in [1.807, 2.05) is 72.8 Å². The summed E-state index contributed by atoms with van der Waals surface area (Å²) in [5.41, 5.74) is 1.55. The number of carbonyl (C=O) groups is 1. The van der Waals surface area contributed by atoms with Crippen LogP contribution in [0, 0.1) is 0 Å². The predicted octanol–water partition coefficient (Wildman–Crippen LogP) is 3.95. The van der Waals surface area contributed by atoms with E-state index in [1.54, 1.807) is 6.07 Å². The summed E-state index contributed by atoms with van der Waals surface area (Å²) in [6.07, 6.45) is 0. The lowest BCUT2D eigenvalue weighted by atomic mass is 10.2. The number of amides is 1. The second kappa shape index (κ2) is 9.33. The molecular formula is C24H25N3O3. The molecule has 6 heteroatoms. The minimum absolute atomic E-state index is 0.0529. The number of nitrogens with one attached hydrogen (secondary N) is 1. The van der Waals surface area contributed by atoms with Crippen molar-refractivity contribution in [3.63, 3.8) is 0 Å². The molecule has 3 aromatic carbocycles. The van der Waals surface area contributed by atoms with Gasteiger partial charge in [0, 0.05) is 37.9 Å². The number of phenols is 1. The van der Waals surface area contributed by atoms with Crippen molar-refractivity contribution >= 4 is 17.3 Å². The molecule has 3 aromatic rings. The monoisotopic (exact) mass is 403 g/mol. The van der Waals surface area contributed by atoms with Crippen LogP contribution >= 0.6 is 0 Å². The number of phenolic OH excluding ortho intramolecular Hbond substituents is 1. The second-order valence-corrected chi connectivity index (χ2v) is 7.24. The zero-order valence-corrected chi connectivity index (χ0v) is 16.7. The Bertz CT molecular complexity index is 986. The maximum atomic E-state index is 12.5. The Labute approximate surface area is 176 Å². The van der Waals surface area contributed by atoms with Crippen molar-refractivity contribution in [2.24, 2.45) is 0 Å². The van der Waals surface area contributed by atoms with Crippen LogP contribution in [0.15, 0.2) is 78.9 Å². The van der Waals surface area contributed by atoms with E-state index < -0.39 is 0 Å². The number of para-hydroxylation sites is 3. The van der Waals surface area contributed by atoms with Crippen molar-refractivity contribution in [2.75, 3.05) is 42.9 Å². The summed E-state index contributed by atoms with van der Waals surface area (Å²) >= 11 is 0. The number of nitrogens with zero attached hydrogens (tertiary/aromatic N) is 2. The number of rotatable bonds is 6. The van der Waals surface area contributed by atoms with Crippen molar-refractivity contribution in [3.05, 3.63) is 78.9 Å². The molecule has 0 aromatic heterocycles. The zero-order valence-electron chi connectivity index (χ0n) is 16.7. The van der Waals surface area contributed by atoms with E-state index in [0.717, 1.165) is 37.6 Å². The molecule has 6 nitrogen and oxygen atoms in total. The molecule has 0 spiro atoms. The molecule has 1 aliphatic rings. The Kier molecular flexibility index (Phi) is 6.15. The van der Waals surface area contributed by atoms with Crippen LogP contribution in [-0.2, 0) is 4.79 Å². The van der Waals surface area contributed by atoms with Gasteiger partial charge in [0.1, 0.15) is 17.2 Å². The molecule has 1 saturated heterocycles. The first-order chi connectivity index (χ1) is 14.7. The van der Waals surface area contributed by atoms with Crippen LogP contribution in [0.4, 0.5) is 11.4 Å². The molecule has 0 aliphatic carbocycles. The fourth-order valence-electron chi connectivity index (χ4n) is 3.54. The van der Waals surface area contributed by atoms with Gasteiger partial charge in [-0.25, -0.2) is 0 Å². The molecule has 1 heterocycles. The number of hydrogen-bond donors (Lipinski definition) is 2. The first-order valence-corrected chi connectivity index (χ1v) is 10.1. The van der Waals surface area contributed by atoms with Crippen LogP contribution in [-0.4, -0.2) is 48.6 Å². The van der Waals surface area contributed by atoms with Gasteiger partial charge in [-0.15, -0.1) is 0 Å². The number of ether oxygens (including phenoxy) is 1. The average molecular weight is 403 g/mol. The van der Waals surface area contributed by atoms with Crippen LogP contribution in [0.2, 0.25) is 0 Å². The highest BCUT2D eigenvalue weighted by Crippen LogP contribution is 2.27. The van der Waals surface area contributed by atoms with Gasteiger partial charge in [0.2, 0.25) is 5.91 Å². The summed E-state index contributed by atoms with van der Waals surface area (Å²) in [6, 6.07) is 24.3. The highest BCUT2D eigenvalue weighted by molar-refractivity contribution is 5.92. The molecule has 0 unspecified atom stereocenters. The van der Waals surface area contributed by atoms with Crippen molar-refractivity contribution in [2.45, 2.75) is 0 Å². The van der Waals surface area contributed by atoms with Gasteiger partial charge in [0.15, 0.2) is 0 Å². The molecule has 2 N–H and O–H groups in total. The maximum absolute atomic E-state index is 12.5. The van der Waals surface area contributed by atoms with Crippen LogP contribution in [0.3, 0.4) is 0 Å². The molecular weight excluding hydrogens is 378 g/mol. The molecule has 0 radical (unpaired) electrons. The van der Waals surface area contributed by atoms with Crippen molar-refractivity contribution in [1.82, 2.24) is 4.90 Å². The maximum Gasteiger partial charge on any atom is 0.238 e. The van der Waals surface area contributed by atoms with Gasteiger partial charge in [-0.05, 0) is 36.4 Å². The highest BCUT2D eigenvalue weighted by Gasteiger charge is 2.20. The van der Waals surface area contributed by atoms with E-state index in [4.69, 9.17) is 4.74 Å². The third-order valence-corrected chi connectivity index (χ3v) is 5.06. The van der Waals surface area contributed by atoms with Gasteiger partial charge in [0.05, 0.1) is 12.2 Å². The van der Waals surface area contributed by atoms with Gasteiger partial charge in [-0.1, -0.05) is 36.4 Å². The Morgan fingerprint density at radius 2 is 1.57 bits per heavy atom. The lowest BCUT2D eigenvalue weighted by molar-refractivity contribution is -0.117. The molecule has 4 rings (SSSR count). The summed E-state index contributed by atoms with van der Waals surface area (Å²) in [7, 11) is 0. The fraction of sp³-hybridized carbons (Fsp3) is 0.208. The Morgan fingerprint density at radius 3 is 2.33 bits per heavy atom. The van der Waals surface area contributed by atoms with Crippen molar-refractivity contribution < 1.29 is 14.6 Å². The van der Waals surface area contributed by atoms with E-state index in [1.165, 1.54) is 0 Å². The Morgan fingerprint density at radius 1 is 0.867 bits per heavy atom. The molecule has 1 amide bonds.